The summed E-state index contributed by atoms with van der Waals surface area (Å²) in [6, 6.07) is 4.42. The van der Waals surface area contributed by atoms with Crippen LogP contribution in [0.15, 0.2) is 23.1 Å². The Balaban J connectivity index is 2.01. The molecule has 146 valence electrons. The highest BCUT2D eigenvalue weighted by Gasteiger charge is 2.29. The molecule has 0 aliphatic carbocycles. The number of halogens is 1. The quantitative estimate of drug-likeness (QED) is 0.679. The van der Waals surface area contributed by atoms with E-state index >= 15 is 0 Å². The SMILES string of the molecule is CC(C)(C)[NH2+]CCCNC(=O)c1ccc(Cl)c(S(=O)(=O)N2CCCC2)c1. The molecule has 3 N–H and O–H groups in total. The maximum Gasteiger partial charge on any atom is 0.251 e. The molecule has 0 unspecified atom stereocenters. The number of carbonyl (C=O) groups excluding carboxylic acids is 1. The van der Waals surface area contributed by atoms with Gasteiger partial charge < -0.3 is 10.6 Å². The molecular weight excluding hydrogens is 374 g/mol. The molecule has 1 aliphatic heterocycles. The smallest absolute Gasteiger partial charge is 0.251 e. The third-order valence-corrected chi connectivity index (χ3v) is 6.68. The third kappa shape index (κ3) is 5.67. The summed E-state index contributed by atoms with van der Waals surface area (Å²) >= 11 is 6.11. The second-order valence-electron chi connectivity index (χ2n) is 7.72. The van der Waals surface area contributed by atoms with Gasteiger partial charge in [-0.3, -0.25) is 4.79 Å². The molecule has 1 saturated heterocycles. The van der Waals surface area contributed by atoms with Crippen LogP contribution in [-0.2, 0) is 10.0 Å². The molecule has 26 heavy (non-hydrogen) atoms. The highest BCUT2D eigenvalue weighted by atomic mass is 35.5. The van der Waals surface area contributed by atoms with Crippen LogP contribution in [0.5, 0.6) is 0 Å². The van der Waals surface area contributed by atoms with Crippen molar-refractivity contribution in [2.45, 2.75) is 50.5 Å². The molecule has 0 radical (unpaired) electrons. The monoisotopic (exact) mass is 402 g/mol. The summed E-state index contributed by atoms with van der Waals surface area (Å²) in [5.41, 5.74) is 0.478. The van der Waals surface area contributed by atoms with Crippen LogP contribution in [-0.4, -0.2) is 50.3 Å². The van der Waals surface area contributed by atoms with Crippen LogP contribution in [0.2, 0.25) is 5.02 Å². The third-order valence-electron chi connectivity index (χ3n) is 4.30. The van der Waals surface area contributed by atoms with Crippen LogP contribution in [0.4, 0.5) is 0 Å². The first-order chi connectivity index (χ1) is 12.1. The minimum atomic E-state index is -3.65. The summed E-state index contributed by atoms with van der Waals surface area (Å²) in [6.07, 6.45) is 2.54. The number of nitrogens with one attached hydrogen (secondary N) is 1. The predicted molar refractivity (Wildman–Crippen MR) is 103 cm³/mol. The highest BCUT2D eigenvalue weighted by Crippen LogP contribution is 2.28. The fraction of sp³-hybridized carbons (Fsp3) is 0.611. The Hall–Kier alpha value is -1.15. The van der Waals surface area contributed by atoms with Gasteiger partial charge in [0.25, 0.3) is 5.91 Å². The lowest BCUT2D eigenvalue weighted by atomic mass is 10.1. The molecule has 2 rings (SSSR count). The van der Waals surface area contributed by atoms with Crippen molar-refractivity contribution < 1.29 is 18.5 Å². The first kappa shape index (κ1) is 21.2. The molecule has 1 aromatic carbocycles. The molecule has 8 heteroatoms. The van der Waals surface area contributed by atoms with Crippen molar-refractivity contribution in [3.63, 3.8) is 0 Å². The van der Waals surface area contributed by atoms with Gasteiger partial charge >= 0.3 is 0 Å². The molecule has 1 amide bonds. The Bertz CT molecular complexity index is 739. The second-order valence-corrected chi connectivity index (χ2v) is 10.0. The van der Waals surface area contributed by atoms with Gasteiger partial charge in [-0.2, -0.15) is 4.31 Å². The summed E-state index contributed by atoms with van der Waals surface area (Å²) < 4.78 is 26.9. The van der Waals surface area contributed by atoms with Crippen molar-refractivity contribution in [2.75, 3.05) is 26.2 Å². The molecule has 1 heterocycles. The Morgan fingerprint density at radius 1 is 1.27 bits per heavy atom. The molecule has 0 saturated carbocycles. The van der Waals surface area contributed by atoms with Crippen LogP contribution in [0.3, 0.4) is 0 Å². The number of hydrogen-bond acceptors (Lipinski definition) is 3. The molecule has 1 fully saturated rings. The molecule has 0 spiro atoms. The van der Waals surface area contributed by atoms with Crippen molar-refractivity contribution in [3.05, 3.63) is 28.8 Å². The van der Waals surface area contributed by atoms with E-state index in [1.54, 1.807) is 6.07 Å². The molecule has 1 aromatic rings. The predicted octanol–water partition coefficient (Wildman–Crippen LogP) is 1.61. The number of quaternary nitrogens is 1. The van der Waals surface area contributed by atoms with Gasteiger partial charge in [-0.1, -0.05) is 11.6 Å². The van der Waals surface area contributed by atoms with E-state index < -0.39 is 10.0 Å². The lowest BCUT2D eigenvalue weighted by Crippen LogP contribution is -2.94. The zero-order chi connectivity index (χ0) is 19.4. The van der Waals surface area contributed by atoms with Gasteiger partial charge in [0, 0.05) is 31.6 Å². The van der Waals surface area contributed by atoms with Gasteiger partial charge in [0.1, 0.15) is 4.90 Å². The number of amides is 1. The number of nitrogens with zero attached hydrogens (tertiary/aromatic N) is 1. The fourth-order valence-electron chi connectivity index (χ4n) is 2.85. The second kappa shape index (κ2) is 8.69. The number of sulfonamides is 1. The molecule has 6 nitrogen and oxygen atoms in total. The van der Waals surface area contributed by atoms with Crippen LogP contribution >= 0.6 is 11.6 Å². The van der Waals surface area contributed by atoms with Gasteiger partial charge in [0.15, 0.2) is 0 Å². The van der Waals surface area contributed by atoms with Crippen LogP contribution in [0.1, 0.15) is 50.4 Å². The molecule has 0 aromatic heterocycles. The zero-order valence-corrected chi connectivity index (χ0v) is 17.3. The minimum Gasteiger partial charge on any atom is -0.352 e. The van der Waals surface area contributed by atoms with Gasteiger partial charge in [0.2, 0.25) is 10.0 Å². The van der Waals surface area contributed by atoms with Gasteiger partial charge in [-0.15, -0.1) is 0 Å². The van der Waals surface area contributed by atoms with Crippen molar-refractivity contribution in [2.24, 2.45) is 0 Å². The van der Waals surface area contributed by atoms with E-state index in [1.807, 2.05) is 0 Å². The normalized spacial score (nSPS) is 16.0. The topological polar surface area (TPSA) is 83.1 Å². The summed E-state index contributed by atoms with van der Waals surface area (Å²) in [5, 5.41) is 5.21. The van der Waals surface area contributed by atoms with E-state index in [0.717, 1.165) is 25.8 Å². The Labute approximate surface area is 161 Å². The first-order valence-corrected chi connectivity index (χ1v) is 10.9. The number of nitrogens with two attached hydrogens (primary N) is 1. The molecule has 1 aliphatic rings. The van der Waals surface area contributed by atoms with Crippen molar-refractivity contribution in [1.29, 1.82) is 0 Å². The standard InChI is InChI=1S/C18H28ClN3O3S/c1-18(2,3)21-10-6-9-20-17(23)14-7-8-15(19)16(13-14)26(24,25)22-11-4-5-12-22/h7-8,13,21H,4-6,9-12H2,1-3H3,(H,20,23)/p+1. The molecule has 0 atom stereocenters. The lowest BCUT2D eigenvalue weighted by molar-refractivity contribution is -0.717. The van der Waals surface area contributed by atoms with Gasteiger partial charge in [-0.05, 0) is 51.8 Å². The zero-order valence-electron chi connectivity index (χ0n) is 15.7. The van der Waals surface area contributed by atoms with Crippen LogP contribution in [0.25, 0.3) is 0 Å². The lowest BCUT2D eigenvalue weighted by Gasteiger charge is -2.17. The summed E-state index contributed by atoms with van der Waals surface area (Å²) in [5.74, 6) is -0.282. The summed E-state index contributed by atoms with van der Waals surface area (Å²) in [4.78, 5) is 12.4. The van der Waals surface area contributed by atoms with Crippen molar-refractivity contribution in [1.82, 2.24) is 9.62 Å². The Kier molecular flexibility index (Phi) is 7.07. The van der Waals surface area contributed by atoms with Crippen molar-refractivity contribution in [3.8, 4) is 0 Å². The van der Waals surface area contributed by atoms with Crippen molar-refractivity contribution >= 4 is 27.5 Å². The van der Waals surface area contributed by atoms with E-state index in [4.69, 9.17) is 11.6 Å². The fourth-order valence-corrected chi connectivity index (χ4v) is 4.87. The largest absolute Gasteiger partial charge is 0.352 e. The Morgan fingerprint density at radius 3 is 2.54 bits per heavy atom. The highest BCUT2D eigenvalue weighted by molar-refractivity contribution is 7.89. The van der Waals surface area contributed by atoms with E-state index in [0.29, 0.717) is 25.2 Å². The number of benzene rings is 1. The summed E-state index contributed by atoms with van der Waals surface area (Å²) in [7, 11) is -3.65. The molecular formula is C18H29ClN3O3S+. The average molecular weight is 403 g/mol. The average Bonchev–Trinajstić information content (AvgIpc) is 3.08. The summed E-state index contributed by atoms with van der Waals surface area (Å²) in [6.45, 7) is 8.88. The van der Waals surface area contributed by atoms with Crippen LogP contribution < -0.4 is 10.6 Å². The van der Waals surface area contributed by atoms with E-state index in [9.17, 15) is 13.2 Å². The maximum atomic E-state index is 12.7. The van der Waals surface area contributed by atoms with E-state index in [-0.39, 0.29) is 21.4 Å². The minimum absolute atomic E-state index is 0.00906. The molecule has 0 bridgehead atoms. The van der Waals surface area contributed by atoms with E-state index in [2.05, 4.69) is 31.4 Å². The van der Waals surface area contributed by atoms with Gasteiger partial charge in [-0.25, -0.2) is 8.42 Å². The van der Waals surface area contributed by atoms with E-state index in [1.165, 1.54) is 16.4 Å². The van der Waals surface area contributed by atoms with Crippen LogP contribution in [0, 0.1) is 0 Å². The number of rotatable bonds is 7. The number of carbonyl (C=O) groups is 1. The maximum absolute atomic E-state index is 12.7. The first-order valence-electron chi connectivity index (χ1n) is 9.03. The number of hydrogen-bond donors (Lipinski definition) is 2. The van der Waals surface area contributed by atoms with Gasteiger partial charge in [0.05, 0.1) is 17.1 Å². The Morgan fingerprint density at radius 2 is 1.92 bits per heavy atom.